The van der Waals surface area contributed by atoms with Gasteiger partial charge in [0.15, 0.2) is 0 Å². The number of hydrogen-bond donors (Lipinski definition) is 0. The summed E-state index contributed by atoms with van der Waals surface area (Å²) in [6.45, 7) is 7.41. The number of piperazine rings is 1. The lowest BCUT2D eigenvalue weighted by molar-refractivity contribution is -0.145. The van der Waals surface area contributed by atoms with E-state index in [2.05, 4.69) is 17.0 Å². The molecule has 0 bridgehead atoms. The number of alkyl halides is 3. The molecule has 1 fully saturated rings. The topological polar surface area (TPSA) is 43.9 Å². The number of hydrogen-bond acceptors (Lipinski definition) is 3. The minimum absolute atomic E-state index is 0.143. The van der Waals surface area contributed by atoms with Gasteiger partial charge in [-0.2, -0.15) is 13.2 Å². The van der Waals surface area contributed by atoms with E-state index in [-0.39, 0.29) is 12.5 Å². The molecular formula is C39H41ClF3N3O2. The maximum Gasteiger partial charge on any atom is 0.416 e. The summed E-state index contributed by atoms with van der Waals surface area (Å²) in [6, 6.07) is 30.6. The summed E-state index contributed by atoms with van der Waals surface area (Å²) >= 11 is 6.13. The standard InChI is InChI=1S/C37H35ClF3N3O2.C2H6/c38-33-18-13-31(14-19-33)27-44(35(45)20-15-28-11-16-32(17-12-28)37(39,40)41)34(25-29-7-3-1-4-8-29)36(46)43-23-21-42(22-24-43)26-30-9-5-2-6-10-30;1-2/h1-20,34H,21-27H2;1-2H3/b20-15+;/t34-;/m0./s1. The molecule has 0 N–H and O–H groups in total. The van der Waals surface area contributed by atoms with E-state index in [9.17, 15) is 22.8 Å². The lowest BCUT2D eigenvalue weighted by atomic mass is 10.0. The zero-order chi connectivity index (χ0) is 34.5. The minimum atomic E-state index is -4.45. The van der Waals surface area contributed by atoms with E-state index in [0.717, 1.165) is 29.8 Å². The van der Waals surface area contributed by atoms with Crippen molar-refractivity contribution in [3.63, 3.8) is 0 Å². The van der Waals surface area contributed by atoms with Gasteiger partial charge in [-0.3, -0.25) is 14.5 Å². The van der Waals surface area contributed by atoms with Crippen LogP contribution in [0.5, 0.6) is 0 Å². The van der Waals surface area contributed by atoms with Crippen LogP contribution in [-0.2, 0) is 35.3 Å². The molecule has 0 aromatic heterocycles. The second-order valence-corrected chi connectivity index (χ2v) is 11.8. The number of carbonyl (C=O) groups excluding carboxylic acids is 2. The molecule has 0 radical (unpaired) electrons. The molecule has 4 aromatic carbocycles. The Morgan fingerprint density at radius 1 is 0.771 bits per heavy atom. The van der Waals surface area contributed by atoms with Crippen molar-refractivity contribution in [3.8, 4) is 0 Å². The largest absolute Gasteiger partial charge is 0.416 e. The van der Waals surface area contributed by atoms with Crippen molar-refractivity contribution in [3.05, 3.63) is 148 Å². The van der Waals surface area contributed by atoms with Gasteiger partial charge < -0.3 is 9.80 Å². The fourth-order valence-corrected chi connectivity index (χ4v) is 5.65. The maximum atomic E-state index is 14.3. The third kappa shape index (κ3) is 10.6. The molecule has 9 heteroatoms. The van der Waals surface area contributed by atoms with E-state index < -0.39 is 23.7 Å². The first-order chi connectivity index (χ1) is 23.2. The van der Waals surface area contributed by atoms with Crippen LogP contribution >= 0.6 is 11.6 Å². The van der Waals surface area contributed by atoms with Gasteiger partial charge >= 0.3 is 6.18 Å². The number of nitrogens with zero attached hydrogens (tertiary/aromatic N) is 3. The Morgan fingerprint density at radius 2 is 1.33 bits per heavy atom. The van der Waals surface area contributed by atoms with Crippen LogP contribution < -0.4 is 0 Å². The predicted molar refractivity (Wildman–Crippen MR) is 186 cm³/mol. The van der Waals surface area contributed by atoms with Gasteiger partial charge in [-0.1, -0.05) is 110 Å². The van der Waals surface area contributed by atoms with E-state index in [0.29, 0.717) is 43.2 Å². The minimum Gasteiger partial charge on any atom is -0.338 e. The molecule has 0 aliphatic carbocycles. The second-order valence-electron chi connectivity index (χ2n) is 11.3. The van der Waals surface area contributed by atoms with Crippen LogP contribution in [-0.4, -0.2) is 58.7 Å². The Balaban J connectivity index is 0.00000255. The first-order valence-electron chi connectivity index (χ1n) is 16.1. The average Bonchev–Trinajstić information content (AvgIpc) is 3.11. The van der Waals surface area contributed by atoms with E-state index in [1.165, 1.54) is 29.8 Å². The smallest absolute Gasteiger partial charge is 0.338 e. The Hall–Kier alpha value is -4.40. The van der Waals surface area contributed by atoms with Crippen LogP contribution in [0, 0.1) is 0 Å². The number of halogens is 4. The zero-order valence-electron chi connectivity index (χ0n) is 27.2. The SMILES string of the molecule is CC.O=C([C@H](Cc1ccccc1)N(Cc1ccc(Cl)cc1)C(=O)/C=C/c1ccc(C(F)(F)F)cc1)N1CCN(Cc2ccccc2)CC1. The lowest BCUT2D eigenvalue weighted by Crippen LogP contribution is -2.56. The lowest BCUT2D eigenvalue weighted by Gasteiger charge is -2.39. The van der Waals surface area contributed by atoms with E-state index in [1.54, 1.807) is 17.0 Å². The monoisotopic (exact) mass is 675 g/mol. The van der Waals surface area contributed by atoms with Crippen molar-refractivity contribution < 1.29 is 22.8 Å². The number of amides is 2. The predicted octanol–water partition coefficient (Wildman–Crippen LogP) is 8.38. The van der Waals surface area contributed by atoms with E-state index >= 15 is 0 Å². The summed E-state index contributed by atoms with van der Waals surface area (Å²) < 4.78 is 39.2. The first-order valence-corrected chi connectivity index (χ1v) is 16.5. The third-order valence-electron chi connectivity index (χ3n) is 8.07. The van der Waals surface area contributed by atoms with Gasteiger partial charge in [0.2, 0.25) is 11.8 Å². The molecule has 48 heavy (non-hydrogen) atoms. The van der Waals surface area contributed by atoms with Crippen molar-refractivity contribution in [2.24, 2.45) is 0 Å². The molecule has 1 saturated heterocycles. The van der Waals surface area contributed by atoms with Crippen LogP contribution in [0.25, 0.3) is 6.08 Å². The summed E-state index contributed by atoms with van der Waals surface area (Å²) in [7, 11) is 0. The molecule has 5 rings (SSSR count). The van der Waals surface area contributed by atoms with Gasteiger partial charge in [0.25, 0.3) is 0 Å². The van der Waals surface area contributed by atoms with Crippen LogP contribution in [0.3, 0.4) is 0 Å². The molecule has 0 spiro atoms. The Bertz CT molecular complexity index is 1600. The fraction of sp³-hybridized carbons (Fsp3) is 0.282. The molecule has 0 saturated carbocycles. The van der Waals surface area contributed by atoms with Crippen molar-refractivity contribution in [2.75, 3.05) is 26.2 Å². The average molecular weight is 676 g/mol. The molecule has 5 nitrogen and oxygen atoms in total. The molecule has 252 valence electrons. The molecule has 0 unspecified atom stereocenters. The molecule has 1 aliphatic rings. The van der Waals surface area contributed by atoms with Crippen molar-refractivity contribution in [1.82, 2.24) is 14.7 Å². The molecule has 1 heterocycles. The Labute approximate surface area is 286 Å². The van der Waals surface area contributed by atoms with Gasteiger partial charge in [0.05, 0.1) is 5.56 Å². The van der Waals surface area contributed by atoms with E-state index in [1.807, 2.05) is 79.4 Å². The summed E-state index contributed by atoms with van der Waals surface area (Å²) in [4.78, 5) is 34.0. The highest BCUT2D eigenvalue weighted by Crippen LogP contribution is 2.29. The summed E-state index contributed by atoms with van der Waals surface area (Å²) in [5.41, 5.74) is 2.58. The quantitative estimate of drug-likeness (QED) is 0.159. The van der Waals surface area contributed by atoms with Gasteiger partial charge in [-0.25, -0.2) is 0 Å². The highest BCUT2D eigenvalue weighted by atomic mass is 35.5. The van der Waals surface area contributed by atoms with Crippen molar-refractivity contribution in [1.29, 1.82) is 0 Å². The Kier molecular flexibility index (Phi) is 13.4. The molecule has 4 aromatic rings. The number of rotatable bonds is 10. The number of benzene rings is 4. The van der Waals surface area contributed by atoms with Crippen LogP contribution in [0.2, 0.25) is 5.02 Å². The van der Waals surface area contributed by atoms with Gasteiger partial charge in [-0.15, -0.1) is 0 Å². The summed E-state index contributed by atoms with van der Waals surface area (Å²) in [5, 5.41) is 0.550. The molecular weight excluding hydrogens is 635 g/mol. The maximum absolute atomic E-state index is 14.3. The highest BCUT2D eigenvalue weighted by Gasteiger charge is 2.34. The van der Waals surface area contributed by atoms with Crippen molar-refractivity contribution >= 4 is 29.5 Å². The second kappa shape index (κ2) is 17.7. The van der Waals surface area contributed by atoms with Gasteiger partial charge in [-0.05, 0) is 52.6 Å². The first kappa shape index (κ1) is 36.4. The summed E-state index contributed by atoms with van der Waals surface area (Å²) in [5.74, 6) is -0.569. The van der Waals surface area contributed by atoms with Gasteiger partial charge in [0.1, 0.15) is 6.04 Å². The van der Waals surface area contributed by atoms with Gasteiger partial charge in [0, 0.05) is 56.8 Å². The van der Waals surface area contributed by atoms with Crippen LogP contribution in [0.4, 0.5) is 13.2 Å². The van der Waals surface area contributed by atoms with Crippen molar-refractivity contribution in [2.45, 2.75) is 45.6 Å². The number of carbonyl (C=O) groups is 2. The Morgan fingerprint density at radius 3 is 1.90 bits per heavy atom. The summed E-state index contributed by atoms with van der Waals surface area (Å²) in [6.07, 6.45) is -1.35. The normalized spacial score (nSPS) is 14.2. The highest BCUT2D eigenvalue weighted by molar-refractivity contribution is 6.30. The molecule has 1 atom stereocenters. The third-order valence-corrected chi connectivity index (χ3v) is 8.32. The molecule has 2 amide bonds. The zero-order valence-corrected chi connectivity index (χ0v) is 28.0. The van der Waals surface area contributed by atoms with Crippen LogP contribution in [0.15, 0.2) is 115 Å². The fourth-order valence-electron chi connectivity index (χ4n) is 5.52. The van der Waals surface area contributed by atoms with Crippen LogP contribution in [0.1, 0.15) is 41.7 Å². The van der Waals surface area contributed by atoms with E-state index in [4.69, 9.17) is 11.6 Å². The molecule has 1 aliphatic heterocycles.